The minimum atomic E-state index is -0.601. The van der Waals surface area contributed by atoms with Crippen LogP contribution in [-0.2, 0) is 13.0 Å². The molecule has 8 heteroatoms. The number of carbonyl (C=O) groups is 1. The van der Waals surface area contributed by atoms with Crippen molar-refractivity contribution in [2.75, 3.05) is 31.1 Å². The zero-order valence-corrected chi connectivity index (χ0v) is 19.5. The van der Waals surface area contributed by atoms with Gasteiger partial charge in [-0.15, -0.1) is 0 Å². The van der Waals surface area contributed by atoms with Crippen molar-refractivity contribution in [3.05, 3.63) is 53.5 Å². The highest BCUT2D eigenvalue weighted by Crippen LogP contribution is 2.24. The number of fused-ring (bicyclic) bond motifs is 1. The Bertz CT molecular complexity index is 1070. The van der Waals surface area contributed by atoms with Crippen LogP contribution in [0.4, 0.5) is 5.95 Å². The number of hydrogen-bond donors (Lipinski definition) is 3. The fraction of sp³-hybridized carbons (Fsp3) is 0.480. The molecular formula is C25H34N6O2. The maximum absolute atomic E-state index is 11.4. The van der Waals surface area contributed by atoms with Crippen LogP contribution >= 0.6 is 0 Å². The summed E-state index contributed by atoms with van der Waals surface area (Å²) in [6.45, 7) is 9.27. The molecule has 1 aliphatic rings. The van der Waals surface area contributed by atoms with Crippen LogP contribution in [0.15, 0.2) is 36.8 Å². The quantitative estimate of drug-likeness (QED) is 0.263. The van der Waals surface area contributed by atoms with E-state index in [1.165, 1.54) is 34.4 Å². The molecule has 0 bridgehead atoms. The average Bonchev–Trinajstić information content (AvgIpc) is 3.18. The van der Waals surface area contributed by atoms with Crippen molar-refractivity contribution in [1.82, 2.24) is 25.3 Å². The van der Waals surface area contributed by atoms with Gasteiger partial charge in [0.15, 0.2) is 0 Å². The number of piperidine rings is 1. The van der Waals surface area contributed by atoms with E-state index in [4.69, 9.17) is 5.21 Å². The molecule has 0 radical (unpaired) electrons. The molecule has 0 saturated carbocycles. The molecule has 1 saturated heterocycles. The van der Waals surface area contributed by atoms with Gasteiger partial charge < -0.3 is 14.8 Å². The highest BCUT2D eigenvalue weighted by molar-refractivity contribution is 5.92. The number of amides is 1. The molecule has 3 aromatic rings. The van der Waals surface area contributed by atoms with Crippen LogP contribution < -0.4 is 15.7 Å². The molecule has 3 N–H and O–H groups in total. The summed E-state index contributed by atoms with van der Waals surface area (Å²) in [6, 6.07) is 6.78. The SMILES string of the molecule is CCCn1cc(CCNCC2CCN(c3ncc(C(=O)NO)cn3)CC2)c2ccc(C)cc21. The minimum absolute atomic E-state index is 0.244. The van der Waals surface area contributed by atoms with Crippen LogP contribution in [0.3, 0.4) is 0 Å². The molecular weight excluding hydrogens is 416 g/mol. The molecule has 176 valence electrons. The lowest BCUT2D eigenvalue weighted by Crippen LogP contribution is -2.38. The molecule has 8 nitrogen and oxygen atoms in total. The van der Waals surface area contributed by atoms with Crippen molar-refractivity contribution >= 4 is 22.8 Å². The molecule has 1 amide bonds. The lowest BCUT2D eigenvalue weighted by molar-refractivity contribution is 0.0705. The van der Waals surface area contributed by atoms with E-state index in [1.807, 2.05) is 0 Å². The summed E-state index contributed by atoms with van der Waals surface area (Å²) in [7, 11) is 0. The van der Waals surface area contributed by atoms with Gasteiger partial charge in [-0.2, -0.15) is 0 Å². The number of nitrogens with zero attached hydrogens (tertiary/aromatic N) is 4. The second kappa shape index (κ2) is 10.8. The standard InChI is InChI=1S/C25H34N6O2/c1-3-10-31-17-20(22-5-4-18(2)13-23(22)31)6-9-26-14-19-7-11-30(12-8-19)25-27-15-21(16-28-25)24(32)29-33/h4-5,13,15-17,19,26,33H,3,6-12,14H2,1-2H3,(H,29,32). The summed E-state index contributed by atoms with van der Waals surface area (Å²) in [4.78, 5) is 22.1. The first kappa shape index (κ1) is 23.2. The van der Waals surface area contributed by atoms with Crippen LogP contribution in [0.1, 0.15) is 47.7 Å². The molecule has 1 aromatic carbocycles. The van der Waals surface area contributed by atoms with Crippen LogP contribution in [0.5, 0.6) is 0 Å². The normalized spacial score (nSPS) is 14.7. The second-order valence-electron chi connectivity index (χ2n) is 8.97. The van der Waals surface area contributed by atoms with Gasteiger partial charge in [0.05, 0.1) is 5.56 Å². The zero-order chi connectivity index (χ0) is 23.2. The van der Waals surface area contributed by atoms with Crippen LogP contribution in [0.2, 0.25) is 0 Å². The smallest absolute Gasteiger partial charge is 0.277 e. The summed E-state index contributed by atoms with van der Waals surface area (Å²) in [5, 5.41) is 13.8. The summed E-state index contributed by atoms with van der Waals surface area (Å²) >= 11 is 0. The van der Waals surface area contributed by atoms with Gasteiger partial charge in [0, 0.05) is 49.1 Å². The predicted octanol–water partition coefficient (Wildman–Crippen LogP) is 3.32. The maximum atomic E-state index is 11.4. The average molecular weight is 451 g/mol. The van der Waals surface area contributed by atoms with Crippen molar-refractivity contribution < 1.29 is 10.0 Å². The van der Waals surface area contributed by atoms with E-state index in [1.54, 1.807) is 5.48 Å². The van der Waals surface area contributed by atoms with Crippen LogP contribution in [0.25, 0.3) is 10.9 Å². The van der Waals surface area contributed by atoms with Crippen molar-refractivity contribution in [3.63, 3.8) is 0 Å². The molecule has 0 spiro atoms. The summed E-state index contributed by atoms with van der Waals surface area (Å²) in [6.07, 6.45) is 9.58. The first-order valence-electron chi connectivity index (χ1n) is 11.9. The molecule has 1 fully saturated rings. The van der Waals surface area contributed by atoms with E-state index in [-0.39, 0.29) is 5.56 Å². The number of benzene rings is 1. The summed E-state index contributed by atoms with van der Waals surface area (Å²) in [5.41, 5.74) is 5.93. The van der Waals surface area contributed by atoms with E-state index in [9.17, 15) is 4.79 Å². The minimum Gasteiger partial charge on any atom is -0.347 e. The molecule has 33 heavy (non-hydrogen) atoms. The Labute approximate surface area is 195 Å². The first-order valence-corrected chi connectivity index (χ1v) is 11.9. The first-order chi connectivity index (χ1) is 16.1. The fourth-order valence-electron chi connectivity index (χ4n) is 4.64. The molecule has 1 aliphatic heterocycles. The van der Waals surface area contributed by atoms with Gasteiger partial charge >= 0.3 is 0 Å². The molecule has 3 heterocycles. The Morgan fingerprint density at radius 3 is 2.67 bits per heavy atom. The Hall–Kier alpha value is -2.97. The lowest BCUT2D eigenvalue weighted by Gasteiger charge is -2.32. The van der Waals surface area contributed by atoms with Crippen molar-refractivity contribution in [2.45, 2.75) is 46.1 Å². The van der Waals surface area contributed by atoms with E-state index in [2.05, 4.69) is 63.0 Å². The van der Waals surface area contributed by atoms with Gasteiger partial charge in [-0.05, 0) is 68.8 Å². The van der Waals surface area contributed by atoms with Crippen molar-refractivity contribution in [1.29, 1.82) is 0 Å². The maximum Gasteiger partial charge on any atom is 0.277 e. The number of nitrogens with one attached hydrogen (secondary N) is 2. The topological polar surface area (TPSA) is 95.3 Å². The molecule has 0 atom stereocenters. The Kier molecular flexibility index (Phi) is 7.57. The number of anilines is 1. The number of hydrogen-bond acceptors (Lipinski definition) is 6. The third-order valence-electron chi connectivity index (χ3n) is 6.49. The molecule has 4 rings (SSSR count). The van der Waals surface area contributed by atoms with E-state index in [0.717, 1.165) is 58.4 Å². The Morgan fingerprint density at radius 1 is 1.21 bits per heavy atom. The van der Waals surface area contributed by atoms with E-state index >= 15 is 0 Å². The van der Waals surface area contributed by atoms with Crippen molar-refractivity contribution in [2.24, 2.45) is 5.92 Å². The summed E-state index contributed by atoms with van der Waals surface area (Å²) < 4.78 is 2.40. The largest absolute Gasteiger partial charge is 0.347 e. The van der Waals surface area contributed by atoms with Gasteiger partial charge in [0.1, 0.15) is 0 Å². The fourth-order valence-corrected chi connectivity index (χ4v) is 4.64. The zero-order valence-electron chi connectivity index (χ0n) is 19.5. The number of hydroxylamine groups is 1. The molecule has 2 aromatic heterocycles. The monoisotopic (exact) mass is 450 g/mol. The second-order valence-corrected chi connectivity index (χ2v) is 8.97. The van der Waals surface area contributed by atoms with E-state index in [0.29, 0.717) is 11.9 Å². The third-order valence-corrected chi connectivity index (χ3v) is 6.49. The lowest BCUT2D eigenvalue weighted by atomic mass is 9.97. The molecule has 0 unspecified atom stereocenters. The van der Waals surface area contributed by atoms with Crippen LogP contribution in [0, 0.1) is 12.8 Å². The highest BCUT2D eigenvalue weighted by Gasteiger charge is 2.21. The van der Waals surface area contributed by atoms with Gasteiger partial charge in [-0.1, -0.05) is 19.1 Å². The Morgan fingerprint density at radius 2 is 1.97 bits per heavy atom. The Balaban J connectivity index is 1.24. The van der Waals surface area contributed by atoms with E-state index < -0.39 is 5.91 Å². The van der Waals surface area contributed by atoms with Crippen LogP contribution in [-0.4, -0.2) is 51.8 Å². The predicted molar refractivity (Wildman–Crippen MR) is 130 cm³/mol. The third kappa shape index (κ3) is 5.51. The van der Waals surface area contributed by atoms with Crippen molar-refractivity contribution in [3.8, 4) is 0 Å². The van der Waals surface area contributed by atoms with Gasteiger partial charge in [0.2, 0.25) is 5.95 Å². The van der Waals surface area contributed by atoms with Gasteiger partial charge in [-0.25, -0.2) is 15.4 Å². The number of carbonyl (C=O) groups excluding carboxylic acids is 1. The number of rotatable bonds is 9. The van der Waals surface area contributed by atoms with Gasteiger partial charge in [0.25, 0.3) is 5.91 Å². The number of aryl methyl sites for hydroxylation is 2. The highest BCUT2D eigenvalue weighted by atomic mass is 16.5. The number of aromatic nitrogens is 3. The summed E-state index contributed by atoms with van der Waals surface area (Å²) in [5.74, 6) is 0.677. The van der Waals surface area contributed by atoms with Gasteiger partial charge in [-0.3, -0.25) is 10.0 Å². The molecule has 0 aliphatic carbocycles.